The molecule has 0 fully saturated rings. The molecule has 0 unspecified atom stereocenters. The number of nitrogen functional groups attached to an aromatic ring is 1. The second kappa shape index (κ2) is 6.43. The van der Waals surface area contributed by atoms with Gasteiger partial charge in [-0.05, 0) is 42.3 Å². The van der Waals surface area contributed by atoms with E-state index in [0.717, 1.165) is 5.56 Å². The van der Waals surface area contributed by atoms with E-state index >= 15 is 0 Å². The minimum absolute atomic E-state index is 0.0918. The van der Waals surface area contributed by atoms with E-state index in [0.29, 0.717) is 16.3 Å². The average molecular weight is 308 g/mol. The highest BCUT2D eigenvalue weighted by Gasteiger charge is 2.13. The number of nitrogens with one attached hydrogen (secondary N) is 1. The highest BCUT2D eigenvalue weighted by molar-refractivity contribution is 6.31. The lowest BCUT2D eigenvalue weighted by Gasteiger charge is -2.09. The molecule has 0 atom stereocenters. The van der Waals surface area contributed by atoms with Crippen LogP contribution < -0.4 is 16.0 Å². The molecular formula is C14H14ClN3O3. The van der Waals surface area contributed by atoms with Crippen molar-refractivity contribution < 1.29 is 9.66 Å². The summed E-state index contributed by atoms with van der Waals surface area (Å²) in [5.74, 6) is 5.89. The van der Waals surface area contributed by atoms with Crippen LogP contribution in [0, 0.1) is 17.0 Å². The van der Waals surface area contributed by atoms with E-state index in [-0.39, 0.29) is 18.0 Å². The van der Waals surface area contributed by atoms with E-state index in [1.807, 2.05) is 13.0 Å². The SMILES string of the molecule is Cc1cc(OCc2ccc(NN)c([N+](=O)[O-])c2)ccc1Cl. The molecule has 0 saturated heterocycles. The first-order valence-electron chi connectivity index (χ1n) is 6.14. The van der Waals surface area contributed by atoms with Crippen molar-refractivity contribution in [3.8, 4) is 5.75 Å². The molecule has 0 saturated carbocycles. The highest BCUT2D eigenvalue weighted by atomic mass is 35.5. The van der Waals surface area contributed by atoms with E-state index in [2.05, 4.69) is 5.43 Å². The van der Waals surface area contributed by atoms with Gasteiger partial charge >= 0.3 is 0 Å². The minimum atomic E-state index is -0.495. The fourth-order valence-electron chi connectivity index (χ4n) is 1.81. The Morgan fingerprint density at radius 1 is 1.33 bits per heavy atom. The Morgan fingerprint density at radius 2 is 2.10 bits per heavy atom. The highest BCUT2D eigenvalue weighted by Crippen LogP contribution is 2.26. The van der Waals surface area contributed by atoms with E-state index in [1.54, 1.807) is 24.3 Å². The summed E-state index contributed by atoms with van der Waals surface area (Å²) in [5.41, 5.74) is 4.04. The van der Waals surface area contributed by atoms with Crippen LogP contribution in [0.1, 0.15) is 11.1 Å². The zero-order valence-electron chi connectivity index (χ0n) is 11.3. The molecule has 0 aromatic heterocycles. The zero-order valence-corrected chi connectivity index (χ0v) is 12.1. The van der Waals surface area contributed by atoms with E-state index in [1.165, 1.54) is 6.07 Å². The van der Waals surface area contributed by atoms with Gasteiger partial charge < -0.3 is 10.2 Å². The predicted molar refractivity (Wildman–Crippen MR) is 81.4 cm³/mol. The molecule has 3 N–H and O–H groups in total. The predicted octanol–water partition coefficient (Wildman–Crippen LogP) is 3.42. The van der Waals surface area contributed by atoms with Gasteiger partial charge in [0.05, 0.1) is 4.92 Å². The molecule has 7 heteroatoms. The molecule has 0 aliphatic heterocycles. The number of hydrazine groups is 1. The number of nitrogens with zero attached hydrogens (tertiary/aromatic N) is 1. The Kier molecular flexibility index (Phi) is 4.62. The van der Waals surface area contributed by atoms with Crippen molar-refractivity contribution in [3.63, 3.8) is 0 Å². The summed E-state index contributed by atoms with van der Waals surface area (Å²) < 4.78 is 5.60. The number of anilines is 1. The van der Waals surface area contributed by atoms with Crippen LogP contribution in [0.5, 0.6) is 5.75 Å². The van der Waals surface area contributed by atoms with Crippen LogP contribution in [0.15, 0.2) is 36.4 Å². The van der Waals surface area contributed by atoms with Gasteiger partial charge in [0.2, 0.25) is 0 Å². The number of rotatable bonds is 5. The molecule has 0 bridgehead atoms. The van der Waals surface area contributed by atoms with Gasteiger partial charge in [-0.1, -0.05) is 17.7 Å². The maximum atomic E-state index is 10.9. The normalized spacial score (nSPS) is 10.2. The molecule has 0 aliphatic rings. The first kappa shape index (κ1) is 15.1. The number of nitro benzene ring substituents is 1. The lowest BCUT2D eigenvalue weighted by molar-refractivity contribution is -0.384. The van der Waals surface area contributed by atoms with Crippen LogP contribution in [0.25, 0.3) is 0 Å². The van der Waals surface area contributed by atoms with E-state index in [4.69, 9.17) is 22.2 Å². The summed E-state index contributed by atoms with van der Waals surface area (Å²) in [6, 6.07) is 10.00. The maximum absolute atomic E-state index is 10.9. The average Bonchev–Trinajstić information content (AvgIpc) is 2.48. The first-order valence-corrected chi connectivity index (χ1v) is 6.52. The van der Waals surface area contributed by atoms with Crippen molar-refractivity contribution in [2.75, 3.05) is 5.43 Å². The van der Waals surface area contributed by atoms with Crippen molar-refractivity contribution in [2.45, 2.75) is 13.5 Å². The largest absolute Gasteiger partial charge is 0.489 e. The lowest BCUT2D eigenvalue weighted by Crippen LogP contribution is -2.09. The number of hydrogen-bond donors (Lipinski definition) is 2. The Labute approximate surface area is 126 Å². The molecule has 0 radical (unpaired) electrons. The van der Waals surface area contributed by atoms with Gasteiger partial charge in [0.25, 0.3) is 5.69 Å². The van der Waals surface area contributed by atoms with Gasteiger partial charge in [0, 0.05) is 11.1 Å². The summed E-state index contributed by atoms with van der Waals surface area (Å²) in [5, 5.41) is 11.6. The number of nitro groups is 1. The molecule has 2 aromatic rings. The van der Waals surface area contributed by atoms with Crippen LogP contribution in [0.3, 0.4) is 0 Å². The maximum Gasteiger partial charge on any atom is 0.294 e. The number of hydrogen-bond acceptors (Lipinski definition) is 5. The Morgan fingerprint density at radius 3 is 2.71 bits per heavy atom. The molecular weight excluding hydrogens is 294 g/mol. The molecule has 110 valence electrons. The fraction of sp³-hybridized carbons (Fsp3) is 0.143. The van der Waals surface area contributed by atoms with Crippen molar-refractivity contribution in [2.24, 2.45) is 5.84 Å². The van der Waals surface area contributed by atoms with Gasteiger partial charge in [-0.2, -0.15) is 0 Å². The Balaban J connectivity index is 2.14. The van der Waals surface area contributed by atoms with Gasteiger partial charge in [-0.3, -0.25) is 16.0 Å². The number of ether oxygens (including phenoxy) is 1. The summed E-state index contributed by atoms with van der Waals surface area (Å²) in [7, 11) is 0. The lowest BCUT2D eigenvalue weighted by atomic mass is 10.2. The van der Waals surface area contributed by atoms with Crippen molar-refractivity contribution in [1.82, 2.24) is 0 Å². The molecule has 21 heavy (non-hydrogen) atoms. The molecule has 2 rings (SSSR count). The van der Waals surface area contributed by atoms with E-state index < -0.39 is 4.92 Å². The zero-order chi connectivity index (χ0) is 15.4. The standard InChI is InChI=1S/C14H14ClN3O3/c1-9-6-11(3-4-12(9)15)21-8-10-2-5-13(17-16)14(7-10)18(19)20/h2-7,17H,8,16H2,1H3. The second-order valence-electron chi connectivity index (χ2n) is 4.45. The summed E-state index contributed by atoms with van der Waals surface area (Å²) in [6.45, 7) is 2.09. The number of aryl methyl sites for hydroxylation is 1. The molecule has 0 aliphatic carbocycles. The monoisotopic (exact) mass is 307 g/mol. The quantitative estimate of drug-likeness (QED) is 0.502. The summed E-state index contributed by atoms with van der Waals surface area (Å²) >= 11 is 5.94. The third-order valence-corrected chi connectivity index (χ3v) is 3.37. The second-order valence-corrected chi connectivity index (χ2v) is 4.86. The van der Waals surface area contributed by atoms with Gasteiger partial charge in [0.15, 0.2) is 0 Å². The third kappa shape index (κ3) is 3.62. The smallest absolute Gasteiger partial charge is 0.294 e. The van der Waals surface area contributed by atoms with Crippen LogP contribution in [-0.2, 0) is 6.61 Å². The van der Waals surface area contributed by atoms with E-state index in [9.17, 15) is 10.1 Å². The molecule has 0 amide bonds. The summed E-state index contributed by atoms with van der Waals surface area (Å²) in [4.78, 5) is 10.4. The van der Waals surface area contributed by atoms with Crippen LogP contribution >= 0.6 is 11.6 Å². The fourth-order valence-corrected chi connectivity index (χ4v) is 1.93. The van der Waals surface area contributed by atoms with Crippen molar-refractivity contribution in [1.29, 1.82) is 0 Å². The molecule has 0 heterocycles. The topological polar surface area (TPSA) is 90.4 Å². The number of halogens is 1. The summed E-state index contributed by atoms with van der Waals surface area (Å²) in [6.07, 6.45) is 0. The third-order valence-electron chi connectivity index (χ3n) is 2.95. The number of nitrogens with two attached hydrogens (primary N) is 1. The molecule has 6 nitrogen and oxygen atoms in total. The van der Waals surface area contributed by atoms with Gasteiger partial charge in [-0.25, -0.2) is 0 Å². The molecule has 2 aromatic carbocycles. The number of benzene rings is 2. The minimum Gasteiger partial charge on any atom is -0.489 e. The van der Waals surface area contributed by atoms with Gasteiger partial charge in [0.1, 0.15) is 18.0 Å². The van der Waals surface area contributed by atoms with Crippen LogP contribution in [0.2, 0.25) is 5.02 Å². The first-order chi connectivity index (χ1) is 10.0. The van der Waals surface area contributed by atoms with Crippen LogP contribution in [0.4, 0.5) is 11.4 Å². The van der Waals surface area contributed by atoms with Crippen LogP contribution in [-0.4, -0.2) is 4.92 Å². The molecule has 0 spiro atoms. The Hall–Kier alpha value is -2.31. The van der Waals surface area contributed by atoms with Gasteiger partial charge in [-0.15, -0.1) is 0 Å². The Bertz CT molecular complexity index is 677. The van der Waals surface area contributed by atoms with Crippen molar-refractivity contribution >= 4 is 23.0 Å². The van der Waals surface area contributed by atoms with Crippen molar-refractivity contribution in [3.05, 3.63) is 62.7 Å².